The third-order valence-corrected chi connectivity index (χ3v) is 6.38. The fourth-order valence-corrected chi connectivity index (χ4v) is 4.82. The summed E-state index contributed by atoms with van der Waals surface area (Å²) in [4.78, 5) is 28.1. The molecule has 1 aliphatic carbocycles. The number of rotatable bonds is 6. The van der Waals surface area contributed by atoms with E-state index in [-0.39, 0.29) is 23.5 Å². The van der Waals surface area contributed by atoms with Crippen molar-refractivity contribution in [3.8, 4) is 5.75 Å². The fraction of sp³-hybridized carbons (Fsp3) is 0.407. The zero-order valence-electron chi connectivity index (χ0n) is 19.0. The number of aliphatic hydroxyl groups is 1. The Balaban J connectivity index is 1.84. The maximum atomic E-state index is 13.2. The van der Waals surface area contributed by atoms with Gasteiger partial charge in [0.15, 0.2) is 0 Å². The van der Waals surface area contributed by atoms with Crippen LogP contribution >= 0.6 is 0 Å². The van der Waals surface area contributed by atoms with Crippen LogP contribution in [-0.2, 0) is 16.0 Å². The number of aliphatic hydroxyl groups excluding tert-OH is 1. The van der Waals surface area contributed by atoms with Crippen LogP contribution in [-0.4, -0.2) is 33.8 Å². The second-order valence-electron chi connectivity index (χ2n) is 8.93. The van der Waals surface area contributed by atoms with E-state index in [1.807, 2.05) is 62.4 Å². The number of carbonyl (C=O) groups is 2. The van der Waals surface area contributed by atoms with Gasteiger partial charge in [-0.15, -0.1) is 0 Å². The summed E-state index contributed by atoms with van der Waals surface area (Å²) >= 11 is 0. The predicted molar refractivity (Wildman–Crippen MR) is 124 cm³/mol. The minimum atomic E-state index is -0.625. The van der Waals surface area contributed by atoms with E-state index in [0.29, 0.717) is 11.3 Å². The summed E-state index contributed by atoms with van der Waals surface area (Å²) in [5, 5.41) is 11.2. The molecule has 168 valence electrons. The molecule has 2 aromatic carbocycles. The van der Waals surface area contributed by atoms with Crippen LogP contribution in [0.5, 0.6) is 5.75 Å². The molecule has 1 N–H and O–H groups in total. The van der Waals surface area contributed by atoms with E-state index in [4.69, 9.17) is 4.74 Å². The van der Waals surface area contributed by atoms with Crippen molar-refractivity contribution in [3.05, 3.63) is 70.8 Å². The van der Waals surface area contributed by atoms with Crippen molar-refractivity contribution in [2.24, 2.45) is 0 Å². The summed E-state index contributed by atoms with van der Waals surface area (Å²) in [6.07, 6.45) is 4.71. The molecule has 1 saturated heterocycles. The molecule has 1 unspecified atom stereocenters. The van der Waals surface area contributed by atoms with Gasteiger partial charge >= 0.3 is 0 Å². The minimum absolute atomic E-state index is 0.00103. The first-order chi connectivity index (χ1) is 15.4. The van der Waals surface area contributed by atoms with Gasteiger partial charge in [-0.2, -0.15) is 0 Å². The zero-order valence-corrected chi connectivity index (χ0v) is 19.0. The molecule has 0 radical (unpaired) electrons. The number of carbonyl (C=O) groups excluding carboxylic acids is 2. The molecule has 0 bridgehead atoms. The van der Waals surface area contributed by atoms with Crippen LogP contribution < -0.4 is 4.74 Å². The standard InChI is InChI=1S/C27H31NO4/c1-4-18-12-14-19(15-13-18)25(29)23-24(20-8-7-11-22(16-20)32-17(2)3)28(27(31)26(23)30)21-9-5-6-10-21/h7-8,11-17,21,24,29H,4-6,9-10H2,1-3H3/b25-23-. The van der Waals surface area contributed by atoms with Gasteiger partial charge in [0, 0.05) is 11.6 Å². The van der Waals surface area contributed by atoms with Crippen molar-refractivity contribution in [3.63, 3.8) is 0 Å². The number of benzene rings is 2. The summed E-state index contributed by atoms with van der Waals surface area (Å²) in [7, 11) is 0. The van der Waals surface area contributed by atoms with Crippen molar-refractivity contribution in [1.82, 2.24) is 4.90 Å². The summed E-state index contributed by atoms with van der Waals surface area (Å²) in [5.74, 6) is -0.577. The molecular formula is C27H31NO4. The third kappa shape index (κ3) is 4.16. The predicted octanol–water partition coefficient (Wildman–Crippen LogP) is 5.40. The average molecular weight is 434 g/mol. The first-order valence-electron chi connectivity index (χ1n) is 11.6. The second-order valence-corrected chi connectivity index (χ2v) is 8.93. The molecule has 1 heterocycles. The monoisotopic (exact) mass is 433 g/mol. The van der Waals surface area contributed by atoms with Crippen LogP contribution in [0.3, 0.4) is 0 Å². The Kier molecular flexibility index (Phi) is 6.35. The normalized spacial score (nSPS) is 21.0. The molecule has 4 rings (SSSR count). The highest BCUT2D eigenvalue weighted by molar-refractivity contribution is 6.46. The van der Waals surface area contributed by atoms with Crippen LogP contribution in [0.2, 0.25) is 0 Å². The van der Waals surface area contributed by atoms with Crippen LogP contribution in [0, 0.1) is 0 Å². The lowest BCUT2D eigenvalue weighted by molar-refractivity contribution is -0.141. The van der Waals surface area contributed by atoms with E-state index in [1.54, 1.807) is 4.90 Å². The van der Waals surface area contributed by atoms with Crippen LogP contribution in [0.25, 0.3) is 5.76 Å². The molecule has 1 aliphatic heterocycles. The largest absolute Gasteiger partial charge is 0.507 e. The van der Waals surface area contributed by atoms with E-state index in [9.17, 15) is 14.7 Å². The number of amides is 1. The van der Waals surface area contributed by atoms with E-state index in [2.05, 4.69) is 6.92 Å². The van der Waals surface area contributed by atoms with Crippen molar-refractivity contribution in [2.75, 3.05) is 0 Å². The molecule has 5 heteroatoms. The lowest BCUT2D eigenvalue weighted by atomic mass is 9.94. The van der Waals surface area contributed by atoms with Crippen LogP contribution in [0.15, 0.2) is 54.1 Å². The number of ether oxygens (including phenoxy) is 1. The molecule has 1 atom stereocenters. The number of nitrogens with zero attached hydrogens (tertiary/aromatic N) is 1. The van der Waals surface area contributed by atoms with Gasteiger partial charge in [-0.3, -0.25) is 9.59 Å². The number of hydrogen-bond acceptors (Lipinski definition) is 4. The van der Waals surface area contributed by atoms with Gasteiger partial charge in [-0.1, -0.05) is 56.2 Å². The second kappa shape index (κ2) is 9.19. The highest BCUT2D eigenvalue weighted by Crippen LogP contribution is 2.44. The summed E-state index contributed by atoms with van der Waals surface area (Å²) in [5.41, 5.74) is 2.63. The molecule has 2 fully saturated rings. The first-order valence-corrected chi connectivity index (χ1v) is 11.6. The van der Waals surface area contributed by atoms with E-state index >= 15 is 0 Å². The van der Waals surface area contributed by atoms with E-state index < -0.39 is 17.7 Å². The minimum Gasteiger partial charge on any atom is -0.507 e. The molecule has 5 nitrogen and oxygen atoms in total. The maximum absolute atomic E-state index is 13.2. The van der Waals surface area contributed by atoms with Crippen molar-refractivity contribution >= 4 is 17.4 Å². The van der Waals surface area contributed by atoms with Crippen molar-refractivity contribution in [2.45, 2.75) is 71.1 Å². The van der Waals surface area contributed by atoms with Gasteiger partial charge in [0.2, 0.25) is 0 Å². The van der Waals surface area contributed by atoms with Gasteiger partial charge < -0.3 is 14.7 Å². The molecule has 1 saturated carbocycles. The highest BCUT2D eigenvalue weighted by Gasteiger charge is 2.49. The van der Waals surface area contributed by atoms with E-state index in [1.165, 1.54) is 0 Å². The Bertz CT molecular complexity index is 1030. The maximum Gasteiger partial charge on any atom is 0.295 e. The SMILES string of the molecule is CCc1ccc(/C(O)=C2/C(=O)C(=O)N(C3CCCC3)C2c2cccc(OC(C)C)c2)cc1. The number of hydrogen-bond donors (Lipinski definition) is 1. The molecule has 2 aliphatic rings. The van der Waals surface area contributed by atoms with Gasteiger partial charge in [-0.05, 0) is 56.4 Å². The van der Waals surface area contributed by atoms with Gasteiger partial charge in [0.25, 0.3) is 11.7 Å². The van der Waals surface area contributed by atoms with E-state index in [0.717, 1.165) is 43.2 Å². The molecule has 0 spiro atoms. The Morgan fingerprint density at radius 2 is 1.78 bits per heavy atom. The zero-order chi connectivity index (χ0) is 22.8. The Hall–Kier alpha value is -3.08. The van der Waals surface area contributed by atoms with Gasteiger partial charge in [0.05, 0.1) is 17.7 Å². The lowest BCUT2D eigenvalue weighted by Crippen LogP contribution is -2.37. The first kappa shape index (κ1) is 22.1. The molecule has 2 aromatic rings. The fourth-order valence-electron chi connectivity index (χ4n) is 4.82. The summed E-state index contributed by atoms with van der Waals surface area (Å²) in [6, 6.07) is 14.4. The summed E-state index contributed by atoms with van der Waals surface area (Å²) in [6.45, 7) is 5.97. The quantitative estimate of drug-likeness (QED) is 0.376. The number of likely N-dealkylation sites (tertiary alicyclic amines) is 1. The lowest BCUT2D eigenvalue weighted by Gasteiger charge is -2.31. The topological polar surface area (TPSA) is 66.8 Å². The smallest absolute Gasteiger partial charge is 0.295 e. The van der Waals surface area contributed by atoms with Crippen molar-refractivity contribution in [1.29, 1.82) is 0 Å². The summed E-state index contributed by atoms with van der Waals surface area (Å²) < 4.78 is 5.87. The molecule has 0 aromatic heterocycles. The van der Waals surface area contributed by atoms with Crippen LogP contribution in [0.1, 0.15) is 69.2 Å². The number of ketones is 1. The highest BCUT2D eigenvalue weighted by atomic mass is 16.5. The van der Waals surface area contributed by atoms with Gasteiger partial charge in [0.1, 0.15) is 11.5 Å². The van der Waals surface area contributed by atoms with Crippen LogP contribution in [0.4, 0.5) is 0 Å². The Labute approximate surface area is 189 Å². The van der Waals surface area contributed by atoms with Gasteiger partial charge in [-0.25, -0.2) is 0 Å². The number of aryl methyl sites for hydroxylation is 1. The molecule has 32 heavy (non-hydrogen) atoms. The number of Topliss-reactive ketones (excluding diaryl/α,β-unsaturated/α-hetero) is 1. The molecular weight excluding hydrogens is 402 g/mol. The Morgan fingerprint density at radius 1 is 1.09 bits per heavy atom. The Morgan fingerprint density at radius 3 is 2.41 bits per heavy atom. The average Bonchev–Trinajstić information content (AvgIpc) is 3.40. The third-order valence-electron chi connectivity index (χ3n) is 6.38. The molecule has 1 amide bonds. The van der Waals surface area contributed by atoms with Crippen molar-refractivity contribution < 1.29 is 19.4 Å².